The first-order chi connectivity index (χ1) is 17.7. The first-order valence-corrected chi connectivity index (χ1v) is 13.1. The normalized spacial score (nSPS) is 12.5. The zero-order valence-electron chi connectivity index (χ0n) is 23.0. The summed E-state index contributed by atoms with van der Waals surface area (Å²) in [5.41, 5.74) is 6.30. The van der Waals surface area contributed by atoms with Crippen molar-refractivity contribution in [2.75, 3.05) is 6.61 Å². The minimum Gasteiger partial charge on any atom is -0.483 e. The number of ether oxygens (including phenoxy) is 1. The standard InChI is InChI=1S/C32H40N2O3/c1-7-25(5)33-32(36)29(19-27-14-9-8-10-15-27)34(20-28-16-12-11-13-23(28)3)31(35)21-37-30-18-22(2)17-24(4)26(30)6/h8-18,25,29H,7,19-21H2,1-6H3,(H,33,36)/t25-,29-/m0/s1. The molecule has 0 saturated carbocycles. The predicted octanol–water partition coefficient (Wildman–Crippen LogP) is 5.85. The summed E-state index contributed by atoms with van der Waals surface area (Å²) in [5, 5.41) is 3.11. The lowest BCUT2D eigenvalue weighted by Crippen LogP contribution is -2.53. The molecule has 3 aromatic rings. The summed E-state index contributed by atoms with van der Waals surface area (Å²) < 4.78 is 6.07. The van der Waals surface area contributed by atoms with Gasteiger partial charge in [0.05, 0.1) is 0 Å². The number of hydrogen-bond acceptors (Lipinski definition) is 3. The predicted molar refractivity (Wildman–Crippen MR) is 150 cm³/mol. The van der Waals surface area contributed by atoms with Crippen LogP contribution in [-0.4, -0.2) is 35.4 Å². The molecular formula is C32H40N2O3. The van der Waals surface area contributed by atoms with Crippen molar-refractivity contribution >= 4 is 11.8 Å². The molecule has 2 atom stereocenters. The fraction of sp³-hybridized carbons (Fsp3) is 0.375. The number of rotatable bonds is 11. The molecule has 0 aliphatic rings. The van der Waals surface area contributed by atoms with E-state index in [1.807, 2.05) is 102 Å². The van der Waals surface area contributed by atoms with Crippen LogP contribution in [0.2, 0.25) is 0 Å². The zero-order valence-corrected chi connectivity index (χ0v) is 23.0. The van der Waals surface area contributed by atoms with E-state index in [0.717, 1.165) is 39.8 Å². The maximum atomic E-state index is 13.8. The molecule has 0 radical (unpaired) electrons. The molecule has 5 heteroatoms. The number of hydrogen-bond donors (Lipinski definition) is 1. The van der Waals surface area contributed by atoms with Gasteiger partial charge in [0, 0.05) is 19.0 Å². The second kappa shape index (κ2) is 13.1. The quantitative estimate of drug-likeness (QED) is 0.359. The van der Waals surface area contributed by atoms with Gasteiger partial charge in [-0.15, -0.1) is 0 Å². The average Bonchev–Trinajstić information content (AvgIpc) is 2.88. The number of carbonyl (C=O) groups is 2. The maximum Gasteiger partial charge on any atom is 0.261 e. The topological polar surface area (TPSA) is 58.6 Å². The first-order valence-electron chi connectivity index (χ1n) is 13.1. The van der Waals surface area contributed by atoms with Crippen LogP contribution in [0.1, 0.15) is 53.6 Å². The van der Waals surface area contributed by atoms with Gasteiger partial charge in [-0.1, -0.05) is 67.6 Å². The Hall–Kier alpha value is -3.60. The van der Waals surface area contributed by atoms with Gasteiger partial charge in [-0.05, 0) is 80.5 Å². The first kappa shape index (κ1) is 28.0. The number of aryl methyl sites for hydroxylation is 3. The summed E-state index contributed by atoms with van der Waals surface area (Å²) in [4.78, 5) is 29.1. The van der Waals surface area contributed by atoms with Gasteiger partial charge < -0.3 is 15.0 Å². The number of nitrogens with one attached hydrogen (secondary N) is 1. The van der Waals surface area contributed by atoms with Crippen molar-refractivity contribution in [1.29, 1.82) is 0 Å². The fourth-order valence-corrected chi connectivity index (χ4v) is 4.34. The highest BCUT2D eigenvalue weighted by Crippen LogP contribution is 2.24. The van der Waals surface area contributed by atoms with Gasteiger partial charge in [-0.25, -0.2) is 0 Å². The van der Waals surface area contributed by atoms with E-state index in [9.17, 15) is 9.59 Å². The molecule has 0 saturated heterocycles. The molecule has 0 spiro atoms. The highest BCUT2D eigenvalue weighted by atomic mass is 16.5. The monoisotopic (exact) mass is 500 g/mol. The Morgan fingerprint density at radius 2 is 1.59 bits per heavy atom. The molecule has 37 heavy (non-hydrogen) atoms. The molecule has 3 aromatic carbocycles. The molecule has 0 aliphatic heterocycles. The third kappa shape index (κ3) is 7.69. The van der Waals surface area contributed by atoms with Gasteiger partial charge in [0.1, 0.15) is 11.8 Å². The van der Waals surface area contributed by atoms with Gasteiger partial charge >= 0.3 is 0 Å². The lowest BCUT2D eigenvalue weighted by atomic mass is 10.0. The van der Waals surface area contributed by atoms with Gasteiger partial charge in [-0.3, -0.25) is 9.59 Å². The Labute approximate surface area is 221 Å². The van der Waals surface area contributed by atoms with E-state index < -0.39 is 6.04 Å². The molecular weight excluding hydrogens is 460 g/mol. The molecule has 5 nitrogen and oxygen atoms in total. The van der Waals surface area contributed by atoms with Crippen LogP contribution < -0.4 is 10.1 Å². The molecule has 3 rings (SSSR count). The molecule has 0 bridgehead atoms. The fourth-order valence-electron chi connectivity index (χ4n) is 4.34. The SMILES string of the molecule is CC[C@H](C)NC(=O)[C@H](Cc1ccccc1)N(Cc1ccccc1C)C(=O)COc1cc(C)cc(C)c1C. The Morgan fingerprint density at radius 1 is 0.919 bits per heavy atom. The summed E-state index contributed by atoms with van der Waals surface area (Å²) in [6.45, 7) is 12.3. The van der Waals surface area contributed by atoms with E-state index >= 15 is 0 Å². The maximum absolute atomic E-state index is 13.8. The van der Waals surface area contributed by atoms with E-state index in [1.54, 1.807) is 4.90 Å². The molecule has 0 heterocycles. The lowest BCUT2D eigenvalue weighted by Gasteiger charge is -2.32. The van der Waals surface area contributed by atoms with Crippen molar-refractivity contribution < 1.29 is 14.3 Å². The van der Waals surface area contributed by atoms with Crippen molar-refractivity contribution in [2.24, 2.45) is 0 Å². The van der Waals surface area contributed by atoms with Crippen LogP contribution in [0.3, 0.4) is 0 Å². The molecule has 2 amide bonds. The minimum absolute atomic E-state index is 0.00959. The van der Waals surface area contributed by atoms with E-state index in [1.165, 1.54) is 0 Å². The summed E-state index contributed by atoms with van der Waals surface area (Å²) in [7, 11) is 0. The van der Waals surface area contributed by atoms with Crippen molar-refractivity contribution in [2.45, 2.75) is 73.0 Å². The van der Waals surface area contributed by atoms with Crippen molar-refractivity contribution in [3.05, 3.63) is 100 Å². The van der Waals surface area contributed by atoms with E-state index in [-0.39, 0.29) is 24.5 Å². The van der Waals surface area contributed by atoms with Crippen LogP contribution in [0.4, 0.5) is 0 Å². The summed E-state index contributed by atoms with van der Waals surface area (Å²) in [5.74, 6) is 0.329. The van der Waals surface area contributed by atoms with Crippen molar-refractivity contribution in [3.63, 3.8) is 0 Å². The van der Waals surface area contributed by atoms with Crippen LogP contribution in [-0.2, 0) is 22.6 Å². The van der Waals surface area contributed by atoms with Crippen LogP contribution >= 0.6 is 0 Å². The summed E-state index contributed by atoms with van der Waals surface area (Å²) in [6, 6.07) is 21.2. The van der Waals surface area contributed by atoms with E-state index in [2.05, 4.69) is 11.4 Å². The number of nitrogens with zero attached hydrogens (tertiary/aromatic N) is 1. The highest BCUT2D eigenvalue weighted by molar-refractivity contribution is 5.88. The summed E-state index contributed by atoms with van der Waals surface area (Å²) >= 11 is 0. The van der Waals surface area contributed by atoms with E-state index in [4.69, 9.17) is 4.74 Å². The molecule has 196 valence electrons. The Morgan fingerprint density at radius 3 is 2.27 bits per heavy atom. The van der Waals surface area contributed by atoms with Crippen LogP contribution in [0.25, 0.3) is 0 Å². The second-order valence-electron chi connectivity index (χ2n) is 9.97. The lowest BCUT2D eigenvalue weighted by molar-refractivity contribution is -0.143. The Kier molecular flexibility index (Phi) is 9.90. The smallest absolute Gasteiger partial charge is 0.261 e. The number of benzene rings is 3. The van der Waals surface area contributed by atoms with Gasteiger partial charge in [0.15, 0.2) is 6.61 Å². The number of carbonyl (C=O) groups excluding carboxylic acids is 2. The third-order valence-electron chi connectivity index (χ3n) is 6.99. The molecule has 1 N–H and O–H groups in total. The van der Waals surface area contributed by atoms with Crippen LogP contribution in [0, 0.1) is 27.7 Å². The van der Waals surface area contributed by atoms with Crippen molar-refractivity contribution in [3.8, 4) is 5.75 Å². The molecule has 0 aliphatic carbocycles. The Bertz CT molecular complexity index is 1210. The van der Waals surface area contributed by atoms with Crippen LogP contribution in [0.5, 0.6) is 5.75 Å². The number of amides is 2. The highest BCUT2D eigenvalue weighted by Gasteiger charge is 2.31. The average molecular weight is 501 g/mol. The summed E-state index contributed by atoms with van der Waals surface area (Å²) in [6.07, 6.45) is 1.23. The third-order valence-corrected chi connectivity index (χ3v) is 6.99. The van der Waals surface area contributed by atoms with Gasteiger partial charge in [0.2, 0.25) is 5.91 Å². The largest absolute Gasteiger partial charge is 0.483 e. The molecule has 0 aromatic heterocycles. The molecule has 0 unspecified atom stereocenters. The Balaban J connectivity index is 1.96. The molecule has 0 fully saturated rings. The van der Waals surface area contributed by atoms with E-state index in [0.29, 0.717) is 18.7 Å². The van der Waals surface area contributed by atoms with Crippen molar-refractivity contribution in [1.82, 2.24) is 10.2 Å². The minimum atomic E-state index is -0.674. The second-order valence-corrected chi connectivity index (χ2v) is 9.97. The zero-order chi connectivity index (χ0) is 26.9. The van der Waals surface area contributed by atoms with Gasteiger partial charge in [0.25, 0.3) is 5.91 Å². The van der Waals surface area contributed by atoms with Gasteiger partial charge in [-0.2, -0.15) is 0 Å². The van der Waals surface area contributed by atoms with Crippen LogP contribution in [0.15, 0.2) is 66.7 Å².